The van der Waals surface area contributed by atoms with Gasteiger partial charge in [0.2, 0.25) is 5.43 Å². The van der Waals surface area contributed by atoms with Gasteiger partial charge in [0.05, 0.1) is 17.1 Å². The molecule has 1 amide bonds. The topological polar surface area (TPSA) is 66.9 Å². The molecule has 0 aliphatic heterocycles. The third-order valence-electron chi connectivity index (χ3n) is 4.36. The van der Waals surface area contributed by atoms with Crippen LogP contribution in [0.2, 0.25) is 5.02 Å². The Balaban J connectivity index is 1.78. The summed E-state index contributed by atoms with van der Waals surface area (Å²) in [5.41, 5.74) is 0.897. The van der Waals surface area contributed by atoms with Crippen molar-refractivity contribution in [2.45, 2.75) is 25.4 Å². The summed E-state index contributed by atoms with van der Waals surface area (Å²) in [4.78, 5) is 28.2. The normalized spacial score (nSPS) is 14.0. The number of nitrogens with one attached hydrogen (secondary N) is 2. The Hall–Kier alpha value is -2.60. The Morgan fingerprint density at radius 2 is 2.20 bits per heavy atom. The van der Waals surface area contributed by atoms with Gasteiger partial charge in [-0.2, -0.15) is 0 Å². The molecule has 1 aliphatic carbocycles. The maximum absolute atomic E-state index is 13.9. The fourth-order valence-electron chi connectivity index (χ4n) is 2.91. The molecular weight excluding hydrogens is 345 g/mol. The third-order valence-corrected chi connectivity index (χ3v) is 4.65. The summed E-state index contributed by atoms with van der Waals surface area (Å²) in [6.07, 6.45) is 5.22. The van der Waals surface area contributed by atoms with Crippen LogP contribution in [0.4, 0.5) is 4.39 Å². The predicted molar refractivity (Wildman–Crippen MR) is 93.4 cm³/mol. The summed E-state index contributed by atoms with van der Waals surface area (Å²) in [5.74, 6) is -1.15. The number of hydrogen-bond donors (Lipinski definition) is 2. The van der Waals surface area contributed by atoms with Crippen molar-refractivity contribution < 1.29 is 9.18 Å². The number of amides is 1. The lowest BCUT2D eigenvalue weighted by Crippen LogP contribution is -2.29. The SMILES string of the molecule is O=C(NCc1ccc[nH]1)c1cn(C2CC2)c2cc(Cl)c(F)cc2c1=O. The van der Waals surface area contributed by atoms with Gasteiger partial charge < -0.3 is 14.9 Å². The van der Waals surface area contributed by atoms with E-state index in [1.54, 1.807) is 12.4 Å². The second kappa shape index (κ2) is 6.04. The van der Waals surface area contributed by atoms with Gasteiger partial charge in [0.25, 0.3) is 5.91 Å². The van der Waals surface area contributed by atoms with Gasteiger partial charge in [0, 0.05) is 29.5 Å². The largest absolute Gasteiger partial charge is 0.364 e. The number of H-pyrrole nitrogens is 1. The zero-order chi connectivity index (χ0) is 17.6. The van der Waals surface area contributed by atoms with Crippen LogP contribution in [0.1, 0.15) is 34.9 Å². The number of pyridine rings is 1. The first kappa shape index (κ1) is 15.9. The van der Waals surface area contributed by atoms with Gasteiger partial charge in [-0.05, 0) is 37.1 Å². The Kier molecular flexibility index (Phi) is 3.84. The number of hydrogen-bond acceptors (Lipinski definition) is 2. The van der Waals surface area contributed by atoms with Crippen molar-refractivity contribution in [3.63, 3.8) is 0 Å². The quantitative estimate of drug-likeness (QED) is 0.749. The van der Waals surface area contributed by atoms with E-state index in [1.165, 1.54) is 6.07 Å². The molecule has 0 atom stereocenters. The van der Waals surface area contributed by atoms with Crippen LogP contribution in [-0.4, -0.2) is 15.5 Å². The third kappa shape index (κ3) is 2.93. The smallest absolute Gasteiger partial charge is 0.257 e. The molecule has 25 heavy (non-hydrogen) atoms. The molecule has 1 fully saturated rings. The standard InChI is InChI=1S/C18H15ClFN3O2/c19-14-7-16-12(6-15(14)20)17(24)13(9-23(16)11-3-4-11)18(25)22-8-10-2-1-5-21-10/h1-2,5-7,9,11,21H,3-4,8H2,(H,22,25). The Bertz CT molecular complexity index is 1020. The van der Waals surface area contributed by atoms with E-state index in [-0.39, 0.29) is 28.6 Å². The van der Waals surface area contributed by atoms with Crippen molar-refractivity contribution in [2.24, 2.45) is 0 Å². The molecule has 1 aromatic carbocycles. The molecule has 2 N–H and O–H groups in total. The molecule has 2 heterocycles. The number of nitrogens with zero attached hydrogens (tertiary/aromatic N) is 1. The van der Waals surface area contributed by atoms with Crippen LogP contribution in [0.15, 0.2) is 41.5 Å². The summed E-state index contributed by atoms with van der Waals surface area (Å²) in [7, 11) is 0. The fraction of sp³-hybridized carbons (Fsp3) is 0.222. The van der Waals surface area contributed by atoms with E-state index in [9.17, 15) is 14.0 Å². The van der Waals surface area contributed by atoms with Gasteiger partial charge >= 0.3 is 0 Å². The minimum absolute atomic E-state index is 0.00711. The monoisotopic (exact) mass is 359 g/mol. The van der Waals surface area contributed by atoms with Gasteiger partial charge in [0.15, 0.2) is 0 Å². The molecule has 128 valence electrons. The van der Waals surface area contributed by atoms with E-state index in [4.69, 9.17) is 11.6 Å². The Morgan fingerprint density at radius 3 is 2.88 bits per heavy atom. The van der Waals surface area contributed by atoms with Crippen molar-refractivity contribution in [2.75, 3.05) is 0 Å². The first-order valence-electron chi connectivity index (χ1n) is 7.99. The molecule has 5 nitrogen and oxygen atoms in total. The molecule has 0 radical (unpaired) electrons. The van der Waals surface area contributed by atoms with Crippen LogP contribution < -0.4 is 10.7 Å². The highest BCUT2D eigenvalue weighted by Crippen LogP contribution is 2.37. The molecule has 0 bridgehead atoms. The summed E-state index contributed by atoms with van der Waals surface area (Å²) < 4.78 is 15.7. The lowest BCUT2D eigenvalue weighted by Gasteiger charge is -2.13. The zero-order valence-electron chi connectivity index (χ0n) is 13.2. The molecule has 3 aromatic rings. The fourth-order valence-corrected chi connectivity index (χ4v) is 3.07. The maximum atomic E-state index is 13.9. The van der Waals surface area contributed by atoms with Crippen molar-refractivity contribution in [3.05, 3.63) is 69.0 Å². The van der Waals surface area contributed by atoms with Gasteiger partial charge in [-0.1, -0.05) is 11.6 Å². The number of aromatic nitrogens is 2. The molecular formula is C18H15ClFN3O2. The predicted octanol–water partition coefficient (Wildman–Crippen LogP) is 3.39. The van der Waals surface area contributed by atoms with Crippen molar-refractivity contribution in [1.29, 1.82) is 0 Å². The van der Waals surface area contributed by atoms with Crippen LogP contribution in [0, 0.1) is 5.82 Å². The van der Waals surface area contributed by atoms with E-state index >= 15 is 0 Å². The highest BCUT2D eigenvalue weighted by Gasteiger charge is 2.27. The summed E-state index contributed by atoms with van der Waals surface area (Å²) in [6.45, 7) is 0.279. The minimum Gasteiger partial charge on any atom is -0.364 e. The lowest BCUT2D eigenvalue weighted by atomic mass is 10.1. The first-order valence-corrected chi connectivity index (χ1v) is 8.37. The van der Waals surface area contributed by atoms with E-state index in [0.717, 1.165) is 24.6 Å². The van der Waals surface area contributed by atoms with Crippen LogP contribution in [0.5, 0.6) is 0 Å². The maximum Gasteiger partial charge on any atom is 0.257 e. The second-order valence-corrected chi connectivity index (χ2v) is 6.58. The van der Waals surface area contributed by atoms with Crippen LogP contribution in [-0.2, 0) is 6.54 Å². The van der Waals surface area contributed by atoms with Crippen molar-refractivity contribution in [3.8, 4) is 0 Å². The highest BCUT2D eigenvalue weighted by molar-refractivity contribution is 6.31. The van der Waals surface area contributed by atoms with E-state index < -0.39 is 17.2 Å². The number of benzene rings is 1. The second-order valence-electron chi connectivity index (χ2n) is 6.17. The van der Waals surface area contributed by atoms with Crippen molar-refractivity contribution in [1.82, 2.24) is 14.9 Å². The molecule has 0 saturated heterocycles. The minimum atomic E-state index is -0.669. The van der Waals surface area contributed by atoms with E-state index in [2.05, 4.69) is 10.3 Å². The van der Waals surface area contributed by atoms with Gasteiger partial charge in [-0.3, -0.25) is 9.59 Å². The first-order chi connectivity index (χ1) is 12.0. The number of fused-ring (bicyclic) bond motifs is 1. The summed E-state index contributed by atoms with van der Waals surface area (Å²) in [6, 6.07) is 6.43. The molecule has 1 saturated carbocycles. The van der Waals surface area contributed by atoms with Gasteiger partial charge in [-0.25, -0.2) is 4.39 Å². The molecule has 2 aromatic heterocycles. The molecule has 0 unspecified atom stereocenters. The molecule has 1 aliphatic rings. The number of carbonyl (C=O) groups is 1. The zero-order valence-corrected chi connectivity index (χ0v) is 13.9. The van der Waals surface area contributed by atoms with Crippen molar-refractivity contribution >= 4 is 28.4 Å². The molecule has 4 rings (SSSR count). The number of rotatable bonds is 4. The summed E-state index contributed by atoms with van der Waals surface area (Å²) in [5, 5.41) is 2.85. The van der Waals surface area contributed by atoms with Crippen LogP contribution in [0.3, 0.4) is 0 Å². The average molecular weight is 360 g/mol. The van der Waals surface area contributed by atoms with Crippen LogP contribution >= 0.6 is 11.6 Å². The van der Waals surface area contributed by atoms with Crippen LogP contribution in [0.25, 0.3) is 10.9 Å². The number of carbonyl (C=O) groups excluding carboxylic acids is 1. The molecule has 7 heteroatoms. The number of halogens is 2. The van der Waals surface area contributed by atoms with E-state index in [1.807, 2.05) is 16.7 Å². The average Bonchev–Trinajstić information content (AvgIpc) is 3.30. The van der Waals surface area contributed by atoms with Gasteiger partial charge in [0.1, 0.15) is 11.4 Å². The molecule has 0 spiro atoms. The lowest BCUT2D eigenvalue weighted by molar-refractivity contribution is 0.0949. The highest BCUT2D eigenvalue weighted by atomic mass is 35.5. The van der Waals surface area contributed by atoms with E-state index in [0.29, 0.717) is 5.52 Å². The summed E-state index contributed by atoms with van der Waals surface area (Å²) >= 11 is 5.87. The Morgan fingerprint density at radius 1 is 1.40 bits per heavy atom. The van der Waals surface area contributed by atoms with Gasteiger partial charge in [-0.15, -0.1) is 0 Å². The number of aromatic amines is 1. The Labute approximate surface area is 147 Å².